The standard InChI is InChI=1S/C57H58N4O11S/c1-3-28-69-57-53(60(56(64)40-15-10-37(33-58)11-16-40)34-39-14-24-51-52(29-39)68-36-67-51)32-49(59-70-35-38-12-17-42(18-13-38)61(65)66)47-30-41(8-4-6-26-62)46(9-5-7-27-63)54(55(47)57)48-31-44(21-25-50(48)72-57)71-43-19-22-45(73-2)23-20-43/h3,10-25,29-31,41,46,53-55,62-63H,1,4-9,26-28,32,34-36H2,2H3/t41-,46+,53-,54+,55+,57+/m0/s1. The molecule has 1 amide bonds. The molecule has 378 valence electrons. The Hall–Kier alpha value is -7.16. The third-order valence-electron chi connectivity index (χ3n) is 14.2. The molecule has 0 spiro atoms. The van der Waals surface area contributed by atoms with Gasteiger partial charge in [-0.3, -0.25) is 14.9 Å². The molecule has 15 nitrogen and oxygen atoms in total. The number of benzene rings is 5. The highest BCUT2D eigenvalue weighted by Gasteiger charge is 2.65. The fourth-order valence-corrected chi connectivity index (χ4v) is 11.2. The van der Waals surface area contributed by atoms with E-state index in [1.165, 1.54) is 12.1 Å². The number of rotatable bonds is 22. The zero-order valence-electron chi connectivity index (χ0n) is 40.6. The van der Waals surface area contributed by atoms with E-state index in [1.807, 2.05) is 66.9 Å². The Bertz CT molecular complexity index is 2890. The Kier molecular flexibility index (Phi) is 16.1. The number of nitro groups is 1. The number of nitro benzene ring substituents is 1. The Morgan fingerprint density at radius 2 is 1.63 bits per heavy atom. The maximum atomic E-state index is 15.6. The lowest BCUT2D eigenvalue weighted by Gasteiger charge is -2.60. The lowest BCUT2D eigenvalue weighted by Crippen LogP contribution is -2.70. The summed E-state index contributed by atoms with van der Waals surface area (Å²) in [6.07, 6.45) is 10.2. The smallest absolute Gasteiger partial charge is 0.269 e. The Morgan fingerprint density at radius 1 is 0.918 bits per heavy atom. The monoisotopic (exact) mass is 1010 g/mol. The summed E-state index contributed by atoms with van der Waals surface area (Å²) in [7, 11) is 0. The molecule has 0 saturated heterocycles. The number of allylic oxidation sites excluding steroid dienone is 1. The SMILES string of the molecule is C=CCO[C@@]12Oc3ccc(Oc4ccc(SC)cc4)cc3[C@H]3[C@H](CCCCO)[C@@H](CCCCO)C=C(C(=NOCc4ccc([N+](=O)[O-])cc4)C[C@@H]1N(Cc1ccc4c(c1)OCO4)C(=O)c1ccc(C#N)cc1)[C@H]32. The fraction of sp³-hybridized carbons (Fsp3) is 0.351. The van der Waals surface area contributed by atoms with Gasteiger partial charge in [0.15, 0.2) is 11.5 Å². The van der Waals surface area contributed by atoms with Gasteiger partial charge < -0.3 is 43.6 Å². The Morgan fingerprint density at radius 3 is 2.34 bits per heavy atom. The van der Waals surface area contributed by atoms with Crippen molar-refractivity contribution in [1.29, 1.82) is 5.26 Å². The van der Waals surface area contributed by atoms with E-state index < -0.39 is 22.7 Å². The van der Waals surface area contributed by atoms with Crippen LogP contribution in [-0.2, 0) is 22.7 Å². The normalized spacial score (nSPS) is 21.7. The first-order chi connectivity index (χ1) is 35.7. The number of aliphatic hydroxyl groups is 2. The highest BCUT2D eigenvalue weighted by atomic mass is 32.2. The second-order valence-corrected chi connectivity index (χ2v) is 19.4. The minimum absolute atomic E-state index is 0.00159. The molecule has 0 aromatic heterocycles. The summed E-state index contributed by atoms with van der Waals surface area (Å²) >= 11 is 1.64. The summed E-state index contributed by atoms with van der Waals surface area (Å²) in [5, 5.41) is 46.4. The van der Waals surface area contributed by atoms with Gasteiger partial charge in [-0.05, 0) is 151 Å². The summed E-state index contributed by atoms with van der Waals surface area (Å²) in [4.78, 5) is 35.8. The lowest BCUT2D eigenvalue weighted by molar-refractivity contribution is -0.384. The maximum Gasteiger partial charge on any atom is 0.269 e. The van der Waals surface area contributed by atoms with Crippen LogP contribution in [0.3, 0.4) is 0 Å². The van der Waals surface area contributed by atoms with Crippen LogP contribution in [0.15, 0.2) is 144 Å². The molecule has 5 aromatic carbocycles. The van der Waals surface area contributed by atoms with Crippen molar-refractivity contribution in [2.24, 2.45) is 22.9 Å². The molecule has 1 fully saturated rings. The number of hydrogen-bond acceptors (Lipinski definition) is 14. The van der Waals surface area contributed by atoms with Gasteiger partial charge in [0.1, 0.15) is 29.9 Å². The van der Waals surface area contributed by atoms with Crippen molar-refractivity contribution in [2.75, 3.05) is 32.9 Å². The molecule has 2 heterocycles. The maximum absolute atomic E-state index is 15.6. The van der Waals surface area contributed by atoms with E-state index in [2.05, 4.69) is 18.7 Å². The van der Waals surface area contributed by atoms with Crippen LogP contribution in [0.5, 0.6) is 28.7 Å². The second-order valence-electron chi connectivity index (χ2n) is 18.6. The molecule has 1 saturated carbocycles. The number of fused-ring (bicyclic) bond motifs is 3. The van der Waals surface area contributed by atoms with Crippen LogP contribution in [0.4, 0.5) is 5.69 Å². The first-order valence-corrected chi connectivity index (χ1v) is 25.8. The van der Waals surface area contributed by atoms with Gasteiger partial charge in [0.25, 0.3) is 11.6 Å². The van der Waals surface area contributed by atoms with E-state index in [0.29, 0.717) is 64.0 Å². The molecule has 9 rings (SSSR count). The number of thioether (sulfide) groups is 1. The molecule has 6 atom stereocenters. The predicted octanol–water partition coefficient (Wildman–Crippen LogP) is 10.9. The average molecular weight is 1010 g/mol. The highest BCUT2D eigenvalue weighted by molar-refractivity contribution is 7.98. The van der Waals surface area contributed by atoms with Gasteiger partial charge in [-0.15, -0.1) is 18.3 Å². The molecule has 0 radical (unpaired) electrons. The number of nitrogens with zero attached hydrogens (tertiary/aromatic N) is 4. The molecule has 0 bridgehead atoms. The molecule has 0 unspecified atom stereocenters. The summed E-state index contributed by atoms with van der Waals surface area (Å²) in [6.45, 7) is 4.34. The minimum Gasteiger partial charge on any atom is -0.459 e. The van der Waals surface area contributed by atoms with E-state index in [-0.39, 0.29) is 75.5 Å². The Labute approximate surface area is 428 Å². The number of oxime groups is 1. The van der Waals surface area contributed by atoms with Crippen molar-refractivity contribution in [1.82, 2.24) is 4.90 Å². The lowest BCUT2D eigenvalue weighted by atomic mass is 9.55. The molecular formula is C57H58N4O11S. The summed E-state index contributed by atoms with van der Waals surface area (Å²) in [5.41, 5.74) is 4.39. The third-order valence-corrected chi connectivity index (χ3v) is 14.9. The van der Waals surface area contributed by atoms with Crippen LogP contribution in [-0.4, -0.2) is 76.4 Å². The van der Waals surface area contributed by atoms with Crippen molar-refractivity contribution >= 4 is 29.1 Å². The van der Waals surface area contributed by atoms with Gasteiger partial charge in [-0.25, -0.2) is 0 Å². The van der Waals surface area contributed by atoms with Crippen molar-refractivity contribution in [2.45, 2.75) is 80.7 Å². The largest absolute Gasteiger partial charge is 0.459 e. The molecular weight excluding hydrogens is 949 g/mol. The third kappa shape index (κ3) is 11.0. The molecule has 2 aliphatic carbocycles. The summed E-state index contributed by atoms with van der Waals surface area (Å²) in [5.74, 6) is -0.0281. The van der Waals surface area contributed by atoms with E-state index in [9.17, 15) is 25.6 Å². The van der Waals surface area contributed by atoms with E-state index in [0.717, 1.165) is 47.3 Å². The quantitative estimate of drug-likeness (QED) is 0.0219. The molecule has 16 heteroatoms. The summed E-state index contributed by atoms with van der Waals surface area (Å²) in [6, 6.07) is 33.2. The number of non-ortho nitro benzene ring substituents is 1. The molecule has 2 N–H and O–H groups in total. The Balaban J connectivity index is 1.25. The van der Waals surface area contributed by atoms with Gasteiger partial charge in [-0.1, -0.05) is 36.2 Å². The first-order valence-electron chi connectivity index (χ1n) is 24.6. The van der Waals surface area contributed by atoms with Gasteiger partial charge >= 0.3 is 0 Å². The topological polar surface area (TPSA) is 195 Å². The molecule has 2 aliphatic heterocycles. The molecule has 5 aromatic rings. The number of hydrogen-bond donors (Lipinski definition) is 2. The zero-order chi connectivity index (χ0) is 50.9. The van der Waals surface area contributed by atoms with Crippen LogP contribution in [0.1, 0.15) is 83.5 Å². The number of nitriles is 1. The number of carbonyl (C=O) groups is 1. The van der Waals surface area contributed by atoms with E-state index in [1.54, 1.807) is 59.1 Å². The van der Waals surface area contributed by atoms with Crippen LogP contribution >= 0.6 is 11.8 Å². The number of unbranched alkanes of at least 4 members (excludes halogenated alkanes) is 2. The number of ether oxygens (including phenoxy) is 5. The number of carbonyl (C=O) groups excluding carboxylic acids is 1. The van der Waals surface area contributed by atoms with Crippen LogP contribution in [0.2, 0.25) is 0 Å². The van der Waals surface area contributed by atoms with Crippen LogP contribution in [0.25, 0.3) is 0 Å². The van der Waals surface area contributed by atoms with Gasteiger partial charge in [0, 0.05) is 60.3 Å². The predicted molar refractivity (Wildman–Crippen MR) is 275 cm³/mol. The highest BCUT2D eigenvalue weighted by Crippen LogP contribution is 2.62. The van der Waals surface area contributed by atoms with Crippen LogP contribution in [0, 0.1) is 39.2 Å². The van der Waals surface area contributed by atoms with Crippen LogP contribution < -0.4 is 18.9 Å². The fourth-order valence-electron chi connectivity index (χ4n) is 10.8. The number of amides is 1. The van der Waals surface area contributed by atoms with Gasteiger partial charge in [0.05, 0.1) is 34.8 Å². The van der Waals surface area contributed by atoms with E-state index >= 15 is 4.79 Å². The minimum atomic E-state index is -1.59. The molecule has 4 aliphatic rings. The van der Waals surface area contributed by atoms with Gasteiger partial charge in [-0.2, -0.15) is 5.26 Å². The van der Waals surface area contributed by atoms with Crippen molar-refractivity contribution in [3.63, 3.8) is 0 Å². The zero-order valence-corrected chi connectivity index (χ0v) is 41.4. The first kappa shape index (κ1) is 50.8. The van der Waals surface area contributed by atoms with Crippen molar-refractivity contribution < 1.29 is 48.5 Å². The summed E-state index contributed by atoms with van der Waals surface area (Å²) < 4.78 is 32.8. The average Bonchev–Trinajstić information content (AvgIpc) is 3.89. The molecule has 73 heavy (non-hydrogen) atoms. The second kappa shape index (κ2) is 23.2. The van der Waals surface area contributed by atoms with E-state index in [4.69, 9.17) is 33.7 Å². The van der Waals surface area contributed by atoms with Crippen molar-refractivity contribution in [3.05, 3.63) is 171 Å². The number of aliphatic hydroxyl groups excluding tert-OH is 2. The van der Waals surface area contributed by atoms with Gasteiger partial charge in [0.2, 0.25) is 12.6 Å². The van der Waals surface area contributed by atoms with Crippen molar-refractivity contribution in [3.8, 4) is 34.8 Å².